The van der Waals surface area contributed by atoms with E-state index in [1.165, 1.54) is 32.4 Å². The lowest BCUT2D eigenvalue weighted by molar-refractivity contribution is 0.204. The van der Waals surface area contributed by atoms with E-state index < -0.39 is 0 Å². The molecule has 1 saturated heterocycles. The van der Waals surface area contributed by atoms with Gasteiger partial charge in [-0.05, 0) is 50.4 Å². The Morgan fingerprint density at radius 3 is 2.85 bits per heavy atom. The number of piperidine rings is 1. The van der Waals surface area contributed by atoms with Crippen LogP contribution in [-0.2, 0) is 0 Å². The minimum absolute atomic E-state index is 0.557. The Morgan fingerprint density at radius 2 is 2.15 bits per heavy atom. The van der Waals surface area contributed by atoms with Gasteiger partial charge in [-0.3, -0.25) is 0 Å². The van der Waals surface area contributed by atoms with Crippen molar-refractivity contribution in [1.29, 1.82) is 5.26 Å². The Hall–Kier alpha value is -1.60. The molecule has 0 aliphatic carbocycles. The van der Waals surface area contributed by atoms with Gasteiger partial charge in [0.1, 0.15) is 11.9 Å². The van der Waals surface area contributed by atoms with Crippen molar-refractivity contribution in [1.82, 2.24) is 9.88 Å². The maximum absolute atomic E-state index is 9.19. The monoisotopic (exact) mass is 272 g/mol. The molecule has 1 aromatic heterocycles. The van der Waals surface area contributed by atoms with Crippen LogP contribution in [0.2, 0.25) is 0 Å². The Morgan fingerprint density at radius 1 is 1.40 bits per heavy atom. The lowest BCUT2D eigenvalue weighted by atomic mass is 10.1. The highest BCUT2D eigenvalue weighted by molar-refractivity contribution is 5.55. The number of hydrogen-bond donors (Lipinski definition) is 1. The Balaban J connectivity index is 1.85. The second-order valence-electron chi connectivity index (χ2n) is 5.81. The van der Waals surface area contributed by atoms with Crippen LogP contribution in [0.15, 0.2) is 12.3 Å². The normalized spacial score (nSPS) is 17.4. The molecule has 1 aromatic rings. The Kier molecular flexibility index (Phi) is 5.37. The van der Waals surface area contributed by atoms with Gasteiger partial charge >= 0.3 is 0 Å². The SMILES string of the molecule is Cc1ccnc(NCC(C)CN2CCCCC2)c1C#N. The molecular weight excluding hydrogens is 248 g/mol. The van der Waals surface area contributed by atoms with Crippen LogP contribution >= 0.6 is 0 Å². The highest BCUT2D eigenvalue weighted by Gasteiger charge is 2.14. The summed E-state index contributed by atoms with van der Waals surface area (Å²) in [7, 11) is 0. The summed E-state index contributed by atoms with van der Waals surface area (Å²) >= 11 is 0. The van der Waals surface area contributed by atoms with Gasteiger partial charge in [0, 0.05) is 19.3 Å². The number of likely N-dealkylation sites (tertiary alicyclic amines) is 1. The van der Waals surface area contributed by atoms with Crippen LogP contribution in [0.25, 0.3) is 0 Å². The molecule has 0 bridgehead atoms. The topological polar surface area (TPSA) is 52.0 Å². The van der Waals surface area contributed by atoms with Crippen LogP contribution in [-0.4, -0.2) is 36.1 Å². The van der Waals surface area contributed by atoms with E-state index >= 15 is 0 Å². The highest BCUT2D eigenvalue weighted by Crippen LogP contribution is 2.16. The first-order chi connectivity index (χ1) is 9.70. The summed E-state index contributed by atoms with van der Waals surface area (Å²) in [5, 5.41) is 12.5. The summed E-state index contributed by atoms with van der Waals surface area (Å²) in [5.41, 5.74) is 1.64. The molecule has 0 radical (unpaired) electrons. The first-order valence-electron chi connectivity index (χ1n) is 7.52. The third kappa shape index (κ3) is 3.94. The minimum atomic E-state index is 0.557. The summed E-state index contributed by atoms with van der Waals surface area (Å²) < 4.78 is 0. The molecule has 2 rings (SSSR count). The average Bonchev–Trinajstić information content (AvgIpc) is 2.46. The van der Waals surface area contributed by atoms with Crippen molar-refractivity contribution in [2.45, 2.75) is 33.1 Å². The largest absolute Gasteiger partial charge is 0.369 e. The fraction of sp³-hybridized carbons (Fsp3) is 0.625. The van der Waals surface area contributed by atoms with E-state index in [9.17, 15) is 5.26 Å². The fourth-order valence-electron chi connectivity index (χ4n) is 2.75. The van der Waals surface area contributed by atoms with Gasteiger partial charge in [0.2, 0.25) is 0 Å². The minimum Gasteiger partial charge on any atom is -0.369 e. The molecule has 1 aliphatic rings. The summed E-state index contributed by atoms with van der Waals surface area (Å²) in [5.74, 6) is 1.28. The zero-order valence-electron chi connectivity index (χ0n) is 12.5. The number of anilines is 1. The zero-order chi connectivity index (χ0) is 14.4. The summed E-state index contributed by atoms with van der Waals surface area (Å²) in [4.78, 5) is 6.83. The molecule has 0 aromatic carbocycles. The van der Waals surface area contributed by atoms with E-state index in [0.29, 0.717) is 11.5 Å². The predicted molar refractivity (Wildman–Crippen MR) is 81.6 cm³/mol. The molecule has 1 aliphatic heterocycles. The molecule has 1 unspecified atom stereocenters. The lowest BCUT2D eigenvalue weighted by Crippen LogP contribution is -2.35. The van der Waals surface area contributed by atoms with Crippen molar-refractivity contribution in [3.8, 4) is 6.07 Å². The molecule has 108 valence electrons. The van der Waals surface area contributed by atoms with Crippen molar-refractivity contribution in [2.24, 2.45) is 5.92 Å². The molecule has 4 heteroatoms. The van der Waals surface area contributed by atoms with Gasteiger partial charge in [0.15, 0.2) is 0 Å². The number of nitrogens with zero attached hydrogens (tertiary/aromatic N) is 3. The Labute approximate surface area is 121 Å². The molecular formula is C16H24N4. The maximum Gasteiger partial charge on any atom is 0.144 e. The summed E-state index contributed by atoms with van der Waals surface area (Å²) in [6.07, 6.45) is 5.80. The summed E-state index contributed by atoms with van der Waals surface area (Å²) in [6.45, 7) is 8.65. The van der Waals surface area contributed by atoms with Crippen LogP contribution < -0.4 is 5.32 Å². The molecule has 4 nitrogen and oxygen atoms in total. The van der Waals surface area contributed by atoms with Gasteiger partial charge in [-0.2, -0.15) is 5.26 Å². The average molecular weight is 272 g/mol. The van der Waals surface area contributed by atoms with Crippen molar-refractivity contribution in [3.05, 3.63) is 23.4 Å². The number of nitriles is 1. The second kappa shape index (κ2) is 7.25. The second-order valence-corrected chi connectivity index (χ2v) is 5.81. The fourth-order valence-corrected chi connectivity index (χ4v) is 2.75. The van der Waals surface area contributed by atoms with Gasteiger partial charge < -0.3 is 10.2 Å². The number of nitrogens with one attached hydrogen (secondary N) is 1. The number of rotatable bonds is 5. The number of aryl methyl sites for hydroxylation is 1. The van der Waals surface area contributed by atoms with Gasteiger partial charge in [0.25, 0.3) is 0 Å². The third-order valence-corrected chi connectivity index (χ3v) is 3.91. The molecule has 1 fully saturated rings. The van der Waals surface area contributed by atoms with Crippen LogP contribution in [0.5, 0.6) is 0 Å². The molecule has 20 heavy (non-hydrogen) atoms. The summed E-state index contributed by atoms with van der Waals surface area (Å²) in [6, 6.07) is 4.11. The van der Waals surface area contributed by atoms with E-state index in [0.717, 1.165) is 24.5 Å². The molecule has 0 spiro atoms. The van der Waals surface area contributed by atoms with E-state index in [2.05, 4.69) is 28.2 Å². The molecule has 1 atom stereocenters. The van der Waals surface area contributed by atoms with Crippen molar-refractivity contribution in [3.63, 3.8) is 0 Å². The predicted octanol–water partition coefficient (Wildman–Crippen LogP) is 2.80. The van der Waals surface area contributed by atoms with E-state index in [4.69, 9.17) is 0 Å². The maximum atomic E-state index is 9.19. The quantitative estimate of drug-likeness (QED) is 0.895. The number of aromatic nitrogens is 1. The molecule has 0 amide bonds. The number of pyridine rings is 1. The Bertz CT molecular complexity index is 472. The van der Waals surface area contributed by atoms with Crippen molar-refractivity contribution >= 4 is 5.82 Å². The van der Waals surface area contributed by atoms with Crippen molar-refractivity contribution < 1.29 is 0 Å². The zero-order valence-corrected chi connectivity index (χ0v) is 12.5. The smallest absolute Gasteiger partial charge is 0.144 e. The van der Waals surface area contributed by atoms with Gasteiger partial charge in [-0.1, -0.05) is 13.3 Å². The van der Waals surface area contributed by atoms with Gasteiger partial charge in [-0.25, -0.2) is 4.98 Å². The van der Waals surface area contributed by atoms with Gasteiger partial charge in [0.05, 0.1) is 5.56 Å². The molecule has 1 N–H and O–H groups in total. The van der Waals surface area contributed by atoms with Crippen LogP contribution in [0.4, 0.5) is 5.82 Å². The van der Waals surface area contributed by atoms with E-state index in [-0.39, 0.29) is 0 Å². The highest BCUT2D eigenvalue weighted by atomic mass is 15.1. The first kappa shape index (κ1) is 14.8. The van der Waals surface area contributed by atoms with Crippen molar-refractivity contribution in [2.75, 3.05) is 31.5 Å². The van der Waals surface area contributed by atoms with Crippen LogP contribution in [0.3, 0.4) is 0 Å². The standard InChI is InChI=1S/C16H24N4/c1-13(12-20-8-4-3-5-9-20)11-19-16-15(10-17)14(2)6-7-18-16/h6-7,13H,3-5,8-9,11-12H2,1-2H3,(H,18,19). The van der Waals surface area contributed by atoms with Crippen LogP contribution in [0.1, 0.15) is 37.3 Å². The third-order valence-electron chi connectivity index (χ3n) is 3.91. The van der Waals surface area contributed by atoms with E-state index in [1.54, 1.807) is 6.20 Å². The molecule has 2 heterocycles. The first-order valence-corrected chi connectivity index (χ1v) is 7.52. The van der Waals surface area contributed by atoms with Crippen LogP contribution in [0, 0.1) is 24.2 Å². The molecule has 0 saturated carbocycles. The lowest BCUT2D eigenvalue weighted by Gasteiger charge is -2.29. The van der Waals surface area contributed by atoms with E-state index in [1.807, 2.05) is 13.0 Å². The van der Waals surface area contributed by atoms with Gasteiger partial charge in [-0.15, -0.1) is 0 Å². The number of hydrogen-bond acceptors (Lipinski definition) is 4.